The first-order valence-corrected chi connectivity index (χ1v) is 9.40. The molecule has 1 atom stereocenters. The molecule has 0 radical (unpaired) electrons. The van der Waals surface area contributed by atoms with Crippen molar-refractivity contribution in [3.05, 3.63) is 27.7 Å². The van der Waals surface area contributed by atoms with Crippen molar-refractivity contribution in [3.63, 3.8) is 0 Å². The van der Waals surface area contributed by atoms with Gasteiger partial charge in [-0.25, -0.2) is 17.9 Å². The Morgan fingerprint density at radius 1 is 1.43 bits per heavy atom. The second kappa shape index (κ2) is 7.69. The van der Waals surface area contributed by atoms with Gasteiger partial charge in [0.15, 0.2) is 0 Å². The van der Waals surface area contributed by atoms with E-state index in [9.17, 15) is 13.2 Å². The van der Waals surface area contributed by atoms with E-state index in [0.29, 0.717) is 5.75 Å². The van der Waals surface area contributed by atoms with E-state index < -0.39 is 16.0 Å². The summed E-state index contributed by atoms with van der Waals surface area (Å²) in [6, 6.07) is 1.93. The predicted molar refractivity (Wildman–Crippen MR) is 86.2 cm³/mol. The molecule has 0 saturated heterocycles. The fourth-order valence-corrected chi connectivity index (χ4v) is 4.50. The van der Waals surface area contributed by atoms with Crippen LogP contribution < -0.4 is 4.72 Å². The maximum atomic E-state index is 12.3. The maximum absolute atomic E-state index is 12.3. The lowest BCUT2D eigenvalue weighted by atomic mass is 10.2. The summed E-state index contributed by atoms with van der Waals surface area (Å²) in [7, 11) is -3.94. The van der Waals surface area contributed by atoms with Crippen molar-refractivity contribution < 1.29 is 18.3 Å². The zero-order chi connectivity index (χ0) is 16.2. The van der Waals surface area contributed by atoms with Gasteiger partial charge < -0.3 is 5.11 Å². The number of halogens is 2. The molecule has 9 heteroatoms. The number of carboxylic acids is 1. The molecule has 0 bridgehead atoms. The number of carboxylic acid groups (broad SMARTS) is 1. The second-order valence-corrected chi connectivity index (χ2v) is 8.07. The summed E-state index contributed by atoms with van der Waals surface area (Å²) in [5.41, 5.74) is -0.347. The predicted octanol–water partition coefficient (Wildman–Crippen LogP) is 3.11. The number of benzene rings is 1. The highest BCUT2D eigenvalue weighted by molar-refractivity contribution is 7.99. The average Bonchev–Trinajstić information content (AvgIpc) is 2.37. The van der Waals surface area contributed by atoms with Crippen molar-refractivity contribution in [2.45, 2.75) is 24.8 Å². The first kappa shape index (κ1) is 18.6. The molecule has 1 unspecified atom stereocenters. The minimum absolute atomic E-state index is 0.00670. The average molecular weight is 372 g/mol. The van der Waals surface area contributed by atoms with E-state index in [1.54, 1.807) is 18.7 Å². The molecule has 0 heterocycles. The normalized spacial score (nSPS) is 13.1. The number of carbonyl (C=O) groups is 1. The fourth-order valence-electron chi connectivity index (χ4n) is 1.57. The van der Waals surface area contributed by atoms with Gasteiger partial charge in [-0.3, -0.25) is 0 Å². The zero-order valence-electron chi connectivity index (χ0n) is 11.4. The summed E-state index contributed by atoms with van der Waals surface area (Å²) in [4.78, 5) is 10.7. The molecule has 0 amide bonds. The largest absolute Gasteiger partial charge is 0.478 e. The molecule has 0 aliphatic carbocycles. The van der Waals surface area contributed by atoms with Crippen LogP contribution in [0.3, 0.4) is 0 Å². The van der Waals surface area contributed by atoms with Crippen LogP contribution >= 0.6 is 35.0 Å². The summed E-state index contributed by atoms with van der Waals surface area (Å²) in [6.07, 6.45) is 0. The molecular formula is C12H15Cl2NO4S2. The molecule has 0 spiro atoms. The van der Waals surface area contributed by atoms with Crippen molar-refractivity contribution >= 4 is 51.0 Å². The lowest BCUT2D eigenvalue weighted by molar-refractivity contribution is 0.0697. The molecular weight excluding hydrogens is 357 g/mol. The monoisotopic (exact) mass is 371 g/mol. The van der Waals surface area contributed by atoms with Gasteiger partial charge in [-0.1, -0.05) is 30.1 Å². The second-order valence-electron chi connectivity index (χ2n) is 4.25. The van der Waals surface area contributed by atoms with E-state index in [1.807, 2.05) is 6.92 Å². The number of hydrogen-bond acceptors (Lipinski definition) is 4. The van der Waals surface area contributed by atoms with Crippen molar-refractivity contribution in [3.8, 4) is 0 Å². The van der Waals surface area contributed by atoms with Gasteiger partial charge >= 0.3 is 5.97 Å². The van der Waals surface area contributed by atoms with E-state index in [2.05, 4.69) is 4.72 Å². The third-order valence-corrected chi connectivity index (χ3v) is 5.95. The Labute approximate surface area is 138 Å². The Kier molecular flexibility index (Phi) is 6.80. The van der Waals surface area contributed by atoms with Crippen LogP contribution in [0.15, 0.2) is 17.0 Å². The molecule has 1 aromatic carbocycles. The van der Waals surface area contributed by atoms with Gasteiger partial charge in [0.25, 0.3) is 0 Å². The number of rotatable bonds is 7. The van der Waals surface area contributed by atoms with Crippen LogP contribution in [0.4, 0.5) is 0 Å². The van der Waals surface area contributed by atoms with Gasteiger partial charge in [-0.15, -0.1) is 0 Å². The lowest BCUT2D eigenvalue weighted by Gasteiger charge is -2.15. The molecule has 1 rings (SSSR count). The highest BCUT2D eigenvalue weighted by atomic mass is 35.5. The third kappa shape index (κ3) is 5.03. The Hall–Kier alpha value is -0.470. The van der Waals surface area contributed by atoms with Gasteiger partial charge in [0.2, 0.25) is 10.0 Å². The highest BCUT2D eigenvalue weighted by Crippen LogP contribution is 2.29. The SMILES string of the molecule is CCSCC(C)NS(=O)(=O)c1cc(Cl)cc(C(=O)O)c1Cl. The van der Waals surface area contributed by atoms with Gasteiger partial charge in [0, 0.05) is 16.8 Å². The molecule has 0 aliphatic heterocycles. The molecule has 0 fully saturated rings. The molecule has 118 valence electrons. The van der Waals surface area contributed by atoms with E-state index in [-0.39, 0.29) is 26.5 Å². The Morgan fingerprint density at radius 2 is 2.05 bits per heavy atom. The Balaban J connectivity index is 3.17. The number of sulfonamides is 1. The van der Waals surface area contributed by atoms with Crippen molar-refractivity contribution in [1.29, 1.82) is 0 Å². The van der Waals surface area contributed by atoms with E-state index in [1.165, 1.54) is 0 Å². The van der Waals surface area contributed by atoms with Gasteiger partial charge in [-0.05, 0) is 24.8 Å². The topological polar surface area (TPSA) is 83.5 Å². The minimum Gasteiger partial charge on any atom is -0.478 e. The van der Waals surface area contributed by atoms with Crippen LogP contribution in [0, 0.1) is 0 Å². The number of hydrogen-bond donors (Lipinski definition) is 2. The van der Waals surface area contributed by atoms with Crippen LogP contribution in [0.2, 0.25) is 10.0 Å². The molecule has 2 N–H and O–H groups in total. The molecule has 1 aromatic rings. The van der Waals surface area contributed by atoms with Crippen LogP contribution in [0.1, 0.15) is 24.2 Å². The van der Waals surface area contributed by atoms with E-state index >= 15 is 0 Å². The molecule has 5 nitrogen and oxygen atoms in total. The van der Waals surface area contributed by atoms with E-state index in [4.69, 9.17) is 28.3 Å². The summed E-state index contributed by atoms with van der Waals surface area (Å²) in [5, 5.41) is 8.66. The van der Waals surface area contributed by atoms with Crippen molar-refractivity contribution in [2.24, 2.45) is 0 Å². The van der Waals surface area contributed by atoms with Crippen LogP contribution in [0.5, 0.6) is 0 Å². The number of thioether (sulfide) groups is 1. The summed E-state index contributed by atoms with van der Waals surface area (Å²) in [6.45, 7) is 3.69. The standard InChI is InChI=1S/C12H15Cl2NO4S2/c1-3-20-6-7(2)15-21(18,19)10-5-8(13)4-9(11(10)14)12(16)17/h4-5,7,15H,3,6H2,1-2H3,(H,16,17). The highest BCUT2D eigenvalue weighted by Gasteiger charge is 2.25. The fraction of sp³-hybridized carbons (Fsp3) is 0.417. The van der Waals surface area contributed by atoms with Crippen LogP contribution in [-0.4, -0.2) is 37.0 Å². The summed E-state index contributed by atoms with van der Waals surface area (Å²) in [5.74, 6) is 0.126. The molecule has 0 saturated carbocycles. The maximum Gasteiger partial charge on any atom is 0.337 e. The number of aromatic carboxylic acids is 1. The zero-order valence-corrected chi connectivity index (χ0v) is 14.5. The first-order valence-electron chi connectivity index (χ1n) is 6.01. The lowest BCUT2D eigenvalue weighted by Crippen LogP contribution is -2.34. The quantitative estimate of drug-likeness (QED) is 0.769. The first-order chi connectivity index (χ1) is 9.69. The summed E-state index contributed by atoms with van der Waals surface area (Å²) < 4.78 is 27.1. The molecule has 0 aromatic heterocycles. The van der Waals surface area contributed by atoms with Gasteiger partial charge in [0.05, 0.1) is 10.6 Å². The van der Waals surface area contributed by atoms with Crippen molar-refractivity contribution in [2.75, 3.05) is 11.5 Å². The van der Waals surface area contributed by atoms with Gasteiger partial charge in [-0.2, -0.15) is 11.8 Å². The molecule has 0 aliphatic rings. The van der Waals surface area contributed by atoms with Gasteiger partial charge in [0.1, 0.15) is 4.90 Å². The Bertz CT molecular complexity index is 634. The molecule has 21 heavy (non-hydrogen) atoms. The van der Waals surface area contributed by atoms with E-state index in [0.717, 1.165) is 17.9 Å². The smallest absolute Gasteiger partial charge is 0.337 e. The Morgan fingerprint density at radius 3 is 2.57 bits per heavy atom. The number of nitrogens with one attached hydrogen (secondary N) is 1. The third-order valence-electron chi connectivity index (χ3n) is 2.45. The summed E-state index contributed by atoms with van der Waals surface area (Å²) >= 11 is 13.2. The van der Waals surface area contributed by atoms with Crippen molar-refractivity contribution in [1.82, 2.24) is 4.72 Å². The minimum atomic E-state index is -3.94. The van der Waals surface area contributed by atoms with Crippen LogP contribution in [-0.2, 0) is 10.0 Å². The van der Waals surface area contributed by atoms with Crippen LogP contribution in [0.25, 0.3) is 0 Å².